The molecule has 0 amide bonds. The second-order valence-corrected chi connectivity index (χ2v) is 12.6. The monoisotopic (exact) mass is 639 g/mol. The van der Waals surface area contributed by atoms with Crippen molar-refractivity contribution in [3.63, 3.8) is 0 Å². The third-order valence-electron chi connectivity index (χ3n) is 9.87. The van der Waals surface area contributed by atoms with E-state index in [1.54, 1.807) is 0 Å². The van der Waals surface area contributed by atoms with E-state index in [2.05, 4.69) is 89.5 Å². The van der Waals surface area contributed by atoms with Crippen LogP contribution in [0.5, 0.6) is 0 Å². The minimum Gasteiger partial charge on any atom is -0.456 e. The molecule has 0 bridgehead atoms. The van der Waals surface area contributed by atoms with Crippen LogP contribution in [0.4, 0.5) is 0 Å². The molecular weight excluding hydrogens is 615 g/mol. The average molecular weight is 640 g/mol. The number of furan rings is 1. The highest BCUT2D eigenvalue weighted by molar-refractivity contribution is 6.38. The van der Waals surface area contributed by atoms with Crippen molar-refractivity contribution in [1.29, 1.82) is 0 Å². The molecule has 0 radical (unpaired) electrons. The molecule has 0 spiro atoms. The number of nitrogens with zero attached hydrogens (tertiary/aromatic N) is 5. The summed E-state index contributed by atoms with van der Waals surface area (Å²) in [6.07, 6.45) is 1.85. The normalized spacial score (nSPS) is 12.0. The molecule has 0 saturated carbocycles. The van der Waals surface area contributed by atoms with Crippen molar-refractivity contribution < 1.29 is 4.42 Å². The lowest BCUT2D eigenvalue weighted by Crippen LogP contribution is -2.06. The fourth-order valence-electron chi connectivity index (χ4n) is 7.69. The molecule has 7 aromatic carbocycles. The van der Waals surface area contributed by atoms with Gasteiger partial charge in [-0.2, -0.15) is 9.97 Å². The van der Waals surface area contributed by atoms with Crippen molar-refractivity contribution in [3.05, 3.63) is 152 Å². The molecule has 4 heterocycles. The van der Waals surface area contributed by atoms with Crippen molar-refractivity contribution in [2.24, 2.45) is 0 Å². The average Bonchev–Trinajstić information content (AvgIpc) is 3.74. The van der Waals surface area contributed by atoms with E-state index in [-0.39, 0.29) is 0 Å². The van der Waals surface area contributed by atoms with Crippen molar-refractivity contribution in [2.75, 3.05) is 0 Å². The van der Waals surface area contributed by atoms with Crippen molar-refractivity contribution in [3.8, 4) is 40.0 Å². The van der Waals surface area contributed by atoms with E-state index in [1.807, 2.05) is 66.9 Å². The summed E-state index contributed by atoms with van der Waals surface area (Å²) in [5.41, 5.74) is 7.43. The van der Waals surface area contributed by atoms with Gasteiger partial charge in [-0.15, -0.1) is 0 Å². The summed E-state index contributed by atoms with van der Waals surface area (Å²) in [5, 5.41) is 9.21. The highest BCUT2D eigenvalue weighted by Crippen LogP contribution is 2.46. The van der Waals surface area contributed by atoms with Gasteiger partial charge in [0.25, 0.3) is 0 Å². The van der Waals surface area contributed by atoms with E-state index < -0.39 is 0 Å². The Labute approximate surface area is 285 Å². The van der Waals surface area contributed by atoms with Gasteiger partial charge in [0, 0.05) is 44.4 Å². The summed E-state index contributed by atoms with van der Waals surface area (Å²) in [7, 11) is 0. The number of hydrogen-bond donors (Lipinski definition) is 0. The lowest BCUT2D eigenvalue weighted by Gasteiger charge is -2.11. The van der Waals surface area contributed by atoms with Gasteiger partial charge < -0.3 is 4.42 Å². The van der Waals surface area contributed by atoms with Crippen LogP contribution < -0.4 is 0 Å². The third kappa shape index (κ3) is 3.84. The Bertz CT molecular complexity index is 3070. The molecule has 0 saturated heterocycles. The van der Waals surface area contributed by atoms with Gasteiger partial charge in [0.2, 0.25) is 5.95 Å². The molecule has 0 unspecified atom stereocenters. The van der Waals surface area contributed by atoms with Crippen molar-refractivity contribution >= 4 is 65.3 Å². The van der Waals surface area contributed by atoms with Gasteiger partial charge >= 0.3 is 0 Å². The largest absolute Gasteiger partial charge is 0.456 e. The summed E-state index contributed by atoms with van der Waals surface area (Å²) < 4.78 is 8.73. The molecule has 6 nitrogen and oxygen atoms in total. The fourth-order valence-corrected chi connectivity index (χ4v) is 7.69. The maximum Gasteiger partial charge on any atom is 0.238 e. The van der Waals surface area contributed by atoms with E-state index in [9.17, 15) is 0 Å². The number of hydrogen-bond acceptors (Lipinski definition) is 5. The lowest BCUT2D eigenvalue weighted by molar-refractivity contribution is 0.669. The molecule has 232 valence electrons. The Kier molecular flexibility index (Phi) is 5.57. The third-order valence-corrected chi connectivity index (χ3v) is 9.87. The molecule has 0 N–H and O–H groups in total. The van der Waals surface area contributed by atoms with Gasteiger partial charge in [0.15, 0.2) is 11.6 Å². The first kappa shape index (κ1) is 27.1. The highest BCUT2D eigenvalue weighted by atomic mass is 16.3. The van der Waals surface area contributed by atoms with Crippen LogP contribution in [0.2, 0.25) is 0 Å². The molecule has 11 aromatic rings. The smallest absolute Gasteiger partial charge is 0.238 e. The fraction of sp³-hybridized carbons (Fsp3) is 0. The molecular formula is C44H25N5O. The zero-order valence-electron chi connectivity index (χ0n) is 26.6. The Hall–Kier alpha value is -6.92. The molecule has 0 atom stereocenters. The summed E-state index contributed by atoms with van der Waals surface area (Å²) >= 11 is 0. The summed E-state index contributed by atoms with van der Waals surface area (Å²) in [6.45, 7) is 0. The Morgan fingerprint density at radius 1 is 0.400 bits per heavy atom. The van der Waals surface area contributed by atoms with Crippen LogP contribution in [-0.4, -0.2) is 24.5 Å². The number of benzene rings is 6. The molecule has 0 aliphatic carbocycles. The van der Waals surface area contributed by atoms with E-state index in [4.69, 9.17) is 24.4 Å². The Balaban J connectivity index is 1.26. The zero-order valence-corrected chi connectivity index (χ0v) is 26.6. The van der Waals surface area contributed by atoms with E-state index in [0.717, 1.165) is 71.5 Å². The Morgan fingerprint density at radius 3 is 1.76 bits per heavy atom. The van der Waals surface area contributed by atoms with E-state index in [1.165, 1.54) is 16.2 Å². The van der Waals surface area contributed by atoms with Crippen molar-refractivity contribution in [2.45, 2.75) is 0 Å². The minimum absolute atomic E-state index is 0.540. The standard InChI is InChI=1S/C44H25N5O/c1-3-11-26(12-4-1)33-22-21-28(25-45-33)43-46-42(27-13-5-2-6-14-27)47-44(48-43)49-34-19-9-17-31-29-15-7-8-16-30(29)32-18-10-20-36-39(32)41-37(50-36)24-23-35(49)40(41)38(31)34/h1-25H. The SMILES string of the molecule is c1ccc(-c2ccc(-c3nc(-c4ccccc4)nc(-n4c5cccc6c7ccccc7c7cccc8oc9ccc4c(c9c87)c65)n3)cn2)cc1. The number of fused-ring (bicyclic) bond motifs is 3. The Morgan fingerprint density at radius 2 is 1.02 bits per heavy atom. The minimum atomic E-state index is 0.540. The second kappa shape index (κ2) is 10.3. The molecule has 11 rings (SSSR count). The maximum absolute atomic E-state index is 6.54. The maximum atomic E-state index is 6.54. The van der Waals surface area contributed by atoms with Gasteiger partial charge in [0.1, 0.15) is 11.2 Å². The van der Waals surface area contributed by atoms with Gasteiger partial charge in [-0.3, -0.25) is 9.55 Å². The number of aromatic nitrogens is 5. The van der Waals surface area contributed by atoms with Crippen LogP contribution >= 0.6 is 0 Å². The van der Waals surface area contributed by atoms with Crippen LogP contribution in [0.15, 0.2) is 156 Å². The molecule has 0 aliphatic heterocycles. The second-order valence-electron chi connectivity index (χ2n) is 12.6. The van der Waals surface area contributed by atoms with Crippen LogP contribution in [0.3, 0.4) is 0 Å². The van der Waals surface area contributed by atoms with Crippen LogP contribution in [0.25, 0.3) is 105 Å². The van der Waals surface area contributed by atoms with Gasteiger partial charge in [-0.1, -0.05) is 109 Å². The highest BCUT2D eigenvalue weighted by Gasteiger charge is 2.24. The summed E-state index contributed by atoms with van der Waals surface area (Å²) in [6, 6.07) is 50.1. The number of rotatable bonds is 4. The molecule has 0 fully saturated rings. The zero-order chi connectivity index (χ0) is 32.8. The predicted molar refractivity (Wildman–Crippen MR) is 202 cm³/mol. The van der Waals surface area contributed by atoms with Gasteiger partial charge in [-0.05, 0) is 57.9 Å². The van der Waals surface area contributed by atoms with Crippen molar-refractivity contribution in [1.82, 2.24) is 24.5 Å². The quantitative estimate of drug-likeness (QED) is 0.192. The van der Waals surface area contributed by atoms with E-state index >= 15 is 0 Å². The first-order valence-electron chi connectivity index (χ1n) is 16.6. The van der Waals surface area contributed by atoms with Crippen LogP contribution in [-0.2, 0) is 0 Å². The first-order valence-corrected chi connectivity index (χ1v) is 16.6. The van der Waals surface area contributed by atoms with Gasteiger partial charge in [0.05, 0.1) is 16.7 Å². The molecule has 6 heteroatoms. The number of pyridine rings is 1. The molecule has 0 aliphatic rings. The molecule has 4 aromatic heterocycles. The van der Waals surface area contributed by atoms with Crippen LogP contribution in [0.1, 0.15) is 0 Å². The summed E-state index contributed by atoms with van der Waals surface area (Å²) in [4.78, 5) is 20.2. The lowest BCUT2D eigenvalue weighted by atomic mass is 9.95. The first-order chi connectivity index (χ1) is 24.8. The summed E-state index contributed by atoms with van der Waals surface area (Å²) in [5.74, 6) is 1.69. The predicted octanol–water partition coefficient (Wildman–Crippen LogP) is 11.0. The van der Waals surface area contributed by atoms with Crippen LogP contribution in [0, 0.1) is 0 Å². The van der Waals surface area contributed by atoms with Gasteiger partial charge in [-0.25, -0.2) is 4.98 Å². The molecule has 50 heavy (non-hydrogen) atoms. The van der Waals surface area contributed by atoms with E-state index in [0.29, 0.717) is 17.6 Å². The topological polar surface area (TPSA) is 69.6 Å².